The van der Waals surface area contributed by atoms with Crippen LogP contribution in [0.4, 0.5) is 14.9 Å². The molecule has 1 aliphatic rings. The molecule has 2 aromatic carbocycles. The van der Waals surface area contributed by atoms with Gasteiger partial charge in [-0.3, -0.25) is 4.79 Å². The number of likely N-dealkylation sites (tertiary alicyclic amines) is 1. The van der Waals surface area contributed by atoms with E-state index in [1.807, 2.05) is 0 Å². The van der Waals surface area contributed by atoms with Crippen LogP contribution in [0, 0.1) is 5.82 Å². The van der Waals surface area contributed by atoms with Crippen LogP contribution in [0.1, 0.15) is 35.7 Å². The Kier molecular flexibility index (Phi) is 6.52. The second kappa shape index (κ2) is 9.06. The average molecular weight is 405 g/mol. The summed E-state index contributed by atoms with van der Waals surface area (Å²) in [6.07, 6.45) is 1.13. The van der Waals surface area contributed by atoms with Crippen molar-refractivity contribution in [3.63, 3.8) is 0 Å². The zero-order valence-corrected chi connectivity index (χ0v) is 16.3. The summed E-state index contributed by atoms with van der Waals surface area (Å²) in [5.41, 5.74) is 0.933. The third-order valence-electron chi connectivity index (χ3n) is 4.73. The van der Waals surface area contributed by atoms with E-state index in [4.69, 9.17) is 16.3 Å². The van der Waals surface area contributed by atoms with Gasteiger partial charge < -0.3 is 15.0 Å². The first kappa shape index (κ1) is 20.1. The largest absolute Gasteiger partial charge is 0.450 e. The van der Waals surface area contributed by atoms with E-state index < -0.39 is 11.6 Å². The number of ketones is 1. The summed E-state index contributed by atoms with van der Waals surface area (Å²) in [4.78, 5) is 26.4. The summed E-state index contributed by atoms with van der Waals surface area (Å²) in [6.45, 7) is 3.27. The first-order valence-corrected chi connectivity index (χ1v) is 9.64. The van der Waals surface area contributed by atoms with Crippen LogP contribution in [-0.4, -0.2) is 42.5 Å². The van der Waals surface area contributed by atoms with E-state index in [0.29, 0.717) is 36.0 Å². The van der Waals surface area contributed by atoms with Crippen molar-refractivity contribution < 1.29 is 18.7 Å². The lowest BCUT2D eigenvalue weighted by Gasteiger charge is -2.32. The first-order valence-electron chi connectivity index (χ1n) is 9.26. The maximum Gasteiger partial charge on any atom is 0.409 e. The fourth-order valence-corrected chi connectivity index (χ4v) is 3.43. The van der Waals surface area contributed by atoms with E-state index >= 15 is 0 Å². The summed E-state index contributed by atoms with van der Waals surface area (Å²) in [6, 6.07) is 10.9. The number of carbonyl (C=O) groups excluding carboxylic acids is 2. The molecule has 148 valence electrons. The van der Waals surface area contributed by atoms with E-state index in [1.165, 1.54) is 12.1 Å². The van der Waals surface area contributed by atoms with Crippen LogP contribution in [-0.2, 0) is 4.74 Å². The summed E-state index contributed by atoms with van der Waals surface area (Å²) in [5.74, 6) is -0.992. The molecule has 1 aliphatic heterocycles. The number of anilines is 1. The summed E-state index contributed by atoms with van der Waals surface area (Å²) in [5, 5.41) is 3.76. The van der Waals surface area contributed by atoms with Gasteiger partial charge in [0.05, 0.1) is 12.2 Å². The number of hydrogen-bond donors (Lipinski definition) is 1. The number of rotatable bonds is 5. The van der Waals surface area contributed by atoms with E-state index in [0.717, 1.165) is 12.8 Å². The van der Waals surface area contributed by atoms with Crippen molar-refractivity contribution in [3.8, 4) is 0 Å². The lowest BCUT2D eigenvalue weighted by Crippen LogP contribution is -2.42. The van der Waals surface area contributed by atoms with Crippen LogP contribution in [0.3, 0.4) is 0 Å². The minimum Gasteiger partial charge on any atom is -0.450 e. The van der Waals surface area contributed by atoms with Gasteiger partial charge in [0.1, 0.15) is 5.82 Å². The van der Waals surface area contributed by atoms with Crippen molar-refractivity contribution in [1.82, 2.24) is 4.90 Å². The van der Waals surface area contributed by atoms with Crippen molar-refractivity contribution in [2.75, 3.05) is 25.0 Å². The Hall–Kier alpha value is -2.60. The van der Waals surface area contributed by atoms with Gasteiger partial charge in [-0.25, -0.2) is 9.18 Å². The lowest BCUT2D eigenvalue weighted by molar-refractivity contribution is 0.0983. The number of benzene rings is 2. The van der Waals surface area contributed by atoms with Crippen LogP contribution in [0.2, 0.25) is 5.02 Å². The molecule has 0 aromatic heterocycles. The third-order valence-corrected chi connectivity index (χ3v) is 4.96. The van der Waals surface area contributed by atoms with Crippen LogP contribution in [0.5, 0.6) is 0 Å². The molecule has 1 amide bonds. The predicted octanol–water partition coefficient (Wildman–Crippen LogP) is 4.74. The summed E-state index contributed by atoms with van der Waals surface area (Å²) < 4.78 is 19.1. The fraction of sp³-hybridized carbons (Fsp3) is 0.333. The number of amides is 1. The Morgan fingerprint density at radius 3 is 2.57 bits per heavy atom. The SMILES string of the molecule is CCOC(=O)N1CCC(Nc2ccc(Cl)cc2C(=O)c2ccccc2F)CC1. The minimum atomic E-state index is -0.568. The molecule has 0 spiro atoms. The topological polar surface area (TPSA) is 58.6 Å². The normalized spacial score (nSPS) is 14.6. The molecule has 0 bridgehead atoms. The third kappa shape index (κ3) is 4.62. The standard InChI is InChI=1S/C21H22ClFN2O3/c1-2-28-21(27)25-11-9-15(10-12-25)24-19-8-7-14(22)13-17(19)20(26)16-5-3-4-6-18(16)23/h3-8,13,15,24H,2,9-12H2,1H3. The lowest BCUT2D eigenvalue weighted by atomic mass is 9.99. The second-order valence-corrected chi connectivity index (χ2v) is 7.04. The molecule has 0 saturated carbocycles. The number of halogens is 2. The Balaban J connectivity index is 1.74. The summed E-state index contributed by atoms with van der Waals surface area (Å²) in [7, 11) is 0. The predicted molar refractivity (Wildman–Crippen MR) is 107 cm³/mol. The van der Waals surface area contributed by atoms with Gasteiger partial charge in [-0.2, -0.15) is 0 Å². The molecule has 5 nitrogen and oxygen atoms in total. The van der Waals surface area contributed by atoms with Crippen molar-refractivity contribution in [3.05, 3.63) is 64.4 Å². The zero-order valence-electron chi connectivity index (χ0n) is 15.6. The highest BCUT2D eigenvalue weighted by Crippen LogP contribution is 2.27. The van der Waals surface area contributed by atoms with Gasteiger partial charge in [-0.05, 0) is 50.1 Å². The molecule has 2 aromatic rings. The first-order chi connectivity index (χ1) is 13.5. The highest BCUT2D eigenvalue weighted by atomic mass is 35.5. The van der Waals surface area contributed by atoms with Crippen LogP contribution in [0.25, 0.3) is 0 Å². The van der Waals surface area contributed by atoms with Crippen molar-refractivity contribution in [1.29, 1.82) is 0 Å². The molecule has 0 aliphatic carbocycles. The molecule has 3 rings (SSSR count). The van der Waals surface area contributed by atoms with E-state index in [1.54, 1.807) is 42.2 Å². The van der Waals surface area contributed by atoms with E-state index in [9.17, 15) is 14.0 Å². The molecule has 0 radical (unpaired) electrons. The highest BCUT2D eigenvalue weighted by Gasteiger charge is 2.25. The number of carbonyl (C=O) groups is 2. The Morgan fingerprint density at radius 1 is 1.18 bits per heavy atom. The highest BCUT2D eigenvalue weighted by molar-refractivity contribution is 6.31. The Morgan fingerprint density at radius 2 is 1.89 bits per heavy atom. The van der Waals surface area contributed by atoms with Gasteiger partial charge in [0, 0.05) is 35.4 Å². The molecule has 1 saturated heterocycles. The van der Waals surface area contributed by atoms with Gasteiger partial charge in [0.2, 0.25) is 0 Å². The molecule has 28 heavy (non-hydrogen) atoms. The maximum atomic E-state index is 14.1. The maximum absolute atomic E-state index is 14.1. The fourth-order valence-electron chi connectivity index (χ4n) is 3.26. The van der Waals surface area contributed by atoms with Crippen molar-refractivity contribution in [2.45, 2.75) is 25.8 Å². The van der Waals surface area contributed by atoms with Gasteiger partial charge in [0.15, 0.2) is 5.78 Å². The Bertz CT molecular complexity index is 866. The van der Waals surface area contributed by atoms with Crippen LogP contribution >= 0.6 is 11.6 Å². The molecular weight excluding hydrogens is 383 g/mol. The molecule has 1 N–H and O–H groups in total. The van der Waals surface area contributed by atoms with Crippen LogP contribution < -0.4 is 5.32 Å². The van der Waals surface area contributed by atoms with Gasteiger partial charge in [-0.1, -0.05) is 23.7 Å². The molecule has 0 unspecified atom stereocenters. The zero-order chi connectivity index (χ0) is 20.1. The van der Waals surface area contributed by atoms with Gasteiger partial charge in [0.25, 0.3) is 0 Å². The van der Waals surface area contributed by atoms with Crippen molar-refractivity contribution >= 4 is 29.2 Å². The van der Waals surface area contributed by atoms with Crippen molar-refractivity contribution in [2.24, 2.45) is 0 Å². The number of hydrogen-bond acceptors (Lipinski definition) is 4. The number of piperidine rings is 1. The molecule has 1 heterocycles. The quantitative estimate of drug-likeness (QED) is 0.731. The smallest absolute Gasteiger partial charge is 0.409 e. The van der Waals surface area contributed by atoms with Gasteiger partial charge >= 0.3 is 6.09 Å². The van der Waals surface area contributed by atoms with Gasteiger partial charge in [-0.15, -0.1) is 0 Å². The molecular formula is C21H22ClFN2O3. The monoisotopic (exact) mass is 404 g/mol. The number of ether oxygens (including phenoxy) is 1. The average Bonchev–Trinajstić information content (AvgIpc) is 2.70. The minimum absolute atomic E-state index is 0.00458. The number of nitrogens with zero attached hydrogens (tertiary/aromatic N) is 1. The second-order valence-electron chi connectivity index (χ2n) is 6.60. The number of nitrogens with one attached hydrogen (secondary N) is 1. The molecule has 7 heteroatoms. The molecule has 0 atom stereocenters. The van der Waals surface area contributed by atoms with E-state index in [2.05, 4.69) is 5.32 Å². The Labute approximate surface area is 168 Å². The van der Waals surface area contributed by atoms with E-state index in [-0.39, 0.29) is 17.7 Å². The molecule has 1 fully saturated rings. The summed E-state index contributed by atoms with van der Waals surface area (Å²) >= 11 is 6.08. The van der Waals surface area contributed by atoms with Crippen LogP contribution in [0.15, 0.2) is 42.5 Å².